The Morgan fingerprint density at radius 3 is 2.59 bits per heavy atom. The summed E-state index contributed by atoms with van der Waals surface area (Å²) in [4.78, 5) is 32.0. The van der Waals surface area contributed by atoms with Crippen LogP contribution >= 0.6 is 0 Å². The highest BCUT2D eigenvalue weighted by atomic mass is 19.3. The van der Waals surface area contributed by atoms with Crippen molar-refractivity contribution in [2.75, 3.05) is 19.6 Å². The van der Waals surface area contributed by atoms with Crippen LogP contribution in [0.3, 0.4) is 0 Å². The number of carbonyl (C=O) groups excluding carboxylic acids is 2. The monoisotopic (exact) mass is 414 g/mol. The van der Waals surface area contributed by atoms with Gasteiger partial charge in [-0.05, 0) is 18.6 Å². The Labute approximate surface area is 164 Å². The van der Waals surface area contributed by atoms with Crippen molar-refractivity contribution in [2.24, 2.45) is 5.41 Å². The van der Waals surface area contributed by atoms with Gasteiger partial charge in [0.05, 0.1) is 23.7 Å². The van der Waals surface area contributed by atoms with E-state index in [2.05, 4.69) is 15.3 Å². The average molecular weight is 414 g/mol. The minimum Gasteiger partial charge on any atom is -0.349 e. The molecule has 2 amide bonds. The molecule has 1 aliphatic carbocycles. The van der Waals surface area contributed by atoms with Gasteiger partial charge in [-0.25, -0.2) is 17.6 Å². The predicted molar refractivity (Wildman–Crippen MR) is 97.9 cm³/mol. The van der Waals surface area contributed by atoms with E-state index in [1.54, 1.807) is 0 Å². The number of halogens is 4. The van der Waals surface area contributed by atoms with Crippen LogP contribution in [0.5, 0.6) is 0 Å². The van der Waals surface area contributed by atoms with Gasteiger partial charge in [0.2, 0.25) is 5.91 Å². The summed E-state index contributed by atoms with van der Waals surface area (Å²) in [6, 6.07) is 2.57. The molecule has 0 bridgehead atoms. The van der Waals surface area contributed by atoms with Crippen LogP contribution in [0.25, 0.3) is 10.9 Å². The molecule has 29 heavy (non-hydrogen) atoms. The lowest BCUT2D eigenvalue weighted by molar-refractivity contribution is -0.129. The lowest BCUT2D eigenvalue weighted by Crippen LogP contribution is -2.39. The average Bonchev–Trinajstić information content (AvgIpc) is 3.08. The highest BCUT2D eigenvalue weighted by Gasteiger charge is 2.72. The van der Waals surface area contributed by atoms with Crippen LogP contribution in [-0.2, 0) is 4.79 Å². The third kappa shape index (κ3) is 3.92. The third-order valence-electron chi connectivity index (χ3n) is 5.31. The first-order valence-electron chi connectivity index (χ1n) is 9.41. The fourth-order valence-corrected chi connectivity index (χ4v) is 3.56. The van der Waals surface area contributed by atoms with Crippen molar-refractivity contribution >= 4 is 22.7 Å². The predicted octanol–water partition coefficient (Wildman–Crippen LogP) is 3.51. The summed E-state index contributed by atoms with van der Waals surface area (Å²) in [6.07, 6.45) is -1.44. The van der Waals surface area contributed by atoms with Crippen LogP contribution in [-0.4, -0.2) is 52.2 Å². The Kier molecular flexibility index (Phi) is 5.55. The number of pyridine rings is 1. The van der Waals surface area contributed by atoms with Crippen molar-refractivity contribution in [3.8, 4) is 0 Å². The van der Waals surface area contributed by atoms with E-state index in [4.69, 9.17) is 0 Å². The standard InChI is InChI=1S/C17H16F4N4O2.C2H6/c18-14(19)10-3-9-4-11(24-12(9)5-22-10)15(27)23-6-13(26)25-2-1-16(8-25)7-17(16,20)21;1-2/h3-5,14,24H,1-2,6-8H2,(H,23,27);1-2H3. The summed E-state index contributed by atoms with van der Waals surface area (Å²) in [5.74, 6) is -3.73. The molecule has 3 heterocycles. The number of aromatic nitrogens is 2. The molecule has 1 unspecified atom stereocenters. The van der Waals surface area contributed by atoms with Crippen molar-refractivity contribution < 1.29 is 27.2 Å². The summed E-state index contributed by atoms with van der Waals surface area (Å²) in [5, 5.41) is 2.82. The second-order valence-corrected chi connectivity index (χ2v) is 7.09. The summed E-state index contributed by atoms with van der Waals surface area (Å²) >= 11 is 0. The minimum absolute atomic E-state index is 0.00314. The van der Waals surface area contributed by atoms with E-state index in [9.17, 15) is 27.2 Å². The van der Waals surface area contributed by atoms with Crippen molar-refractivity contribution in [3.05, 3.63) is 29.7 Å². The van der Waals surface area contributed by atoms with Gasteiger partial charge in [0.1, 0.15) is 11.4 Å². The molecule has 0 aromatic carbocycles. The molecule has 6 nitrogen and oxygen atoms in total. The molecule has 2 aliphatic rings. The number of aromatic amines is 1. The Hall–Kier alpha value is -2.65. The van der Waals surface area contributed by atoms with E-state index in [0.717, 1.165) is 0 Å². The number of nitrogens with zero attached hydrogens (tertiary/aromatic N) is 2. The molecule has 2 N–H and O–H groups in total. The van der Waals surface area contributed by atoms with E-state index >= 15 is 0 Å². The molecular formula is C19H22F4N4O2. The van der Waals surface area contributed by atoms with Gasteiger partial charge in [0.25, 0.3) is 18.3 Å². The Morgan fingerprint density at radius 2 is 2.00 bits per heavy atom. The molecule has 10 heteroatoms. The number of alkyl halides is 4. The van der Waals surface area contributed by atoms with Crippen LogP contribution in [0.1, 0.15) is 49.3 Å². The van der Waals surface area contributed by atoms with Gasteiger partial charge >= 0.3 is 0 Å². The van der Waals surface area contributed by atoms with E-state index in [1.807, 2.05) is 13.8 Å². The van der Waals surface area contributed by atoms with Crippen molar-refractivity contribution in [3.63, 3.8) is 0 Å². The number of carbonyl (C=O) groups is 2. The summed E-state index contributed by atoms with van der Waals surface area (Å²) in [7, 11) is 0. The molecule has 1 saturated carbocycles. The summed E-state index contributed by atoms with van der Waals surface area (Å²) < 4.78 is 52.1. The number of hydrogen-bond acceptors (Lipinski definition) is 3. The molecular weight excluding hydrogens is 392 g/mol. The van der Waals surface area contributed by atoms with Gasteiger partial charge < -0.3 is 15.2 Å². The second kappa shape index (κ2) is 7.64. The van der Waals surface area contributed by atoms with Crippen LogP contribution < -0.4 is 5.32 Å². The number of nitrogens with one attached hydrogen (secondary N) is 2. The van der Waals surface area contributed by atoms with E-state index < -0.39 is 35.3 Å². The van der Waals surface area contributed by atoms with Crippen LogP contribution in [0.15, 0.2) is 18.3 Å². The molecule has 0 radical (unpaired) electrons. The Morgan fingerprint density at radius 1 is 1.31 bits per heavy atom. The number of likely N-dealkylation sites (tertiary alicyclic amines) is 1. The molecule has 1 atom stereocenters. The molecule has 1 saturated heterocycles. The van der Waals surface area contributed by atoms with Crippen molar-refractivity contribution in [1.29, 1.82) is 0 Å². The summed E-state index contributed by atoms with van der Waals surface area (Å²) in [6.45, 7) is 3.93. The minimum atomic E-state index is -2.72. The molecule has 2 aromatic rings. The van der Waals surface area contributed by atoms with E-state index in [1.165, 1.54) is 23.2 Å². The maximum atomic E-state index is 13.4. The van der Waals surface area contributed by atoms with Crippen LogP contribution in [0.2, 0.25) is 0 Å². The number of hydrogen-bond donors (Lipinski definition) is 2. The first-order valence-corrected chi connectivity index (χ1v) is 9.41. The third-order valence-corrected chi connectivity index (χ3v) is 5.31. The molecule has 1 spiro atoms. The Bertz CT molecular complexity index is 930. The maximum Gasteiger partial charge on any atom is 0.280 e. The number of amides is 2. The van der Waals surface area contributed by atoms with Gasteiger partial charge in [-0.2, -0.15) is 0 Å². The van der Waals surface area contributed by atoms with Gasteiger partial charge in [-0.3, -0.25) is 14.6 Å². The first kappa shape index (κ1) is 21.1. The lowest BCUT2D eigenvalue weighted by Gasteiger charge is -2.16. The van der Waals surface area contributed by atoms with Gasteiger partial charge in [0, 0.05) is 24.9 Å². The maximum absolute atomic E-state index is 13.4. The van der Waals surface area contributed by atoms with Gasteiger partial charge in [-0.1, -0.05) is 13.8 Å². The largest absolute Gasteiger partial charge is 0.349 e. The highest BCUT2D eigenvalue weighted by molar-refractivity contribution is 5.99. The van der Waals surface area contributed by atoms with E-state index in [0.29, 0.717) is 10.9 Å². The SMILES string of the molecule is CC.O=C(NCC(=O)N1CCC2(C1)CC2(F)F)c1cc2cc(C(F)F)ncc2[nH]1. The van der Waals surface area contributed by atoms with Crippen molar-refractivity contribution in [2.45, 2.75) is 39.0 Å². The normalized spacial score (nSPS) is 22.0. The van der Waals surface area contributed by atoms with E-state index in [-0.39, 0.29) is 38.2 Å². The zero-order chi connectivity index (χ0) is 21.4. The smallest absolute Gasteiger partial charge is 0.280 e. The quantitative estimate of drug-likeness (QED) is 0.752. The topological polar surface area (TPSA) is 78.1 Å². The molecule has 2 aromatic heterocycles. The Balaban J connectivity index is 0.00000117. The number of rotatable bonds is 4. The second-order valence-electron chi connectivity index (χ2n) is 7.09. The van der Waals surface area contributed by atoms with Crippen LogP contribution in [0, 0.1) is 5.41 Å². The zero-order valence-electron chi connectivity index (χ0n) is 16.1. The van der Waals surface area contributed by atoms with Crippen molar-refractivity contribution in [1.82, 2.24) is 20.2 Å². The number of fused-ring (bicyclic) bond motifs is 1. The fourth-order valence-electron chi connectivity index (χ4n) is 3.56. The first-order chi connectivity index (χ1) is 13.7. The summed E-state index contributed by atoms with van der Waals surface area (Å²) in [5.41, 5.74) is -0.978. The molecule has 2 fully saturated rings. The lowest BCUT2D eigenvalue weighted by atomic mass is 10.1. The molecule has 158 valence electrons. The highest BCUT2D eigenvalue weighted by Crippen LogP contribution is 2.64. The van der Waals surface area contributed by atoms with Gasteiger partial charge in [-0.15, -0.1) is 0 Å². The molecule has 1 aliphatic heterocycles. The molecule has 4 rings (SSSR count). The zero-order valence-corrected chi connectivity index (χ0v) is 16.1. The number of H-pyrrole nitrogens is 1. The fraction of sp³-hybridized carbons (Fsp3) is 0.526. The van der Waals surface area contributed by atoms with Gasteiger partial charge in [0.15, 0.2) is 0 Å². The van der Waals surface area contributed by atoms with Crippen LogP contribution in [0.4, 0.5) is 17.6 Å².